The number of carbonyl (C=O) groups excluding carboxylic acids is 1. The molecule has 1 amide bonds. The SMILES string of the molecule is CC.CC(C)C1=C(C(C)C)C(=O)N(C(C)C)C(C(C)C)=C(C(C)C)S1. The van der Waals surface area contributed by atoms with E-state index >= 15 is 0 Å². The van der Waals surface area contributed by atoms with Gasteiger partial charge in [0.25, 0.3) is 5.91 Å². The van der Waals surface area contributed by atoms with Crippen molar-refractivity contribution in [3.8, 4) is 0 Å². The molecule has 0 atom stereocenters. The van der Waals surface area contributed by atoms with E-state index < -0.39 is 0 Å². The van der Waals surface area contributed by atoms with E-state index in [0.717, 1.165) is 5.57 Å². The van der Waals surface area contributed by atoms with Gasteiger partial charge in [0.2, 0.25) is 0 Å². The van der Waals surface area contributed by atoms with Crippen molar-refractivity contribution >= 4 is 17.7 Å². The first-order valence-corrected chi connectivity index (χ1v) is 10.8. The second kappa shape index (κ2) is 10.4. The maximum Gasteiger partial charge on any atom is 0.255 e. The summed E-state index contributed by atoms with van der Waals surface area (Å²) in [6.07, 6.45) is 0. The van der Waals surface area contributed by atoms with Crippen molar-refractivity contribution in [2.24, 2.45) is 23.7 Å². The van der Waals surface area contributed by atoms with Gasteiger partial charge >= 0.3 is 0 Å². The van der Waals surface area contributed by atoms with Gasteiger partial charge in [-0.2, -0.15) is 0 Å². The molecule has 1 heterocycles. The van der Waals surface area contributed by atoms with Gasteiger partial charge in [0.1, 0.15) is 0 Å². The second-order valence-electron chi connectivity index (χ2n) is 8.02. The van der Waals surface area contributed by atoms with Crippen molar-refractivity contribution in [2.75, 3.05) is 0 Å². The summed E-state index contributed by atoms with van der Waals surface area (Å²) in [5.41, 5.74) is 2.23. The summed E-state index contributed by atoms with van der Waals surface area (Å²) in [4.78, 5) is 18.1. The van der Waals surface area contributed by atoms with Crippen LogP contribution in [0.3, 0.4) is 0 Å². The van der Waals surface area contributed by atoms with Gasteiger partial charge in [-0.1, -0.05) is 81.0 Å². The van der Waals surface area contributed by atoms with E-state index in [0.29, 0.717) is 17.8 Å². The predicted molar refractivity (Wildman–Crippen MR) is 114 cm³/mol. The molecule has 3 heteroatoms. The standard InChI is InChI=1S/C20H35NOS.C2H6/c1-11(2)16-18(13(5)6)23-19(14(7)8)17(12(3)4)21(15(9)10)20(16)22;1-2/h11-15H,1-10H3;1-2H3. The van der Waals surface area contributed by atoms with E-state index in [1.807, 2.05) is 25.6 Å². The summed E-state index contributed by atoms with van der Waals surface area (Å²) in [7, 11) is 0. The third kappa shape index (κ3) is 5.64. The van der Waals surface area contributed by atoms with Crippen LogP contribution in [0.2, 0.25) is 0 Å². The molecule has 0 aromatic carbocycles. The van der Waals surface area contributed by atoms with E-state index in [4.69, 9.17) is 0 Å². The highest BCUT2D eigenvalue weighted by molar-refractivity contribution is 8.06. The Labute approximate surface area is 161 Å². The molecule has 25 heavy (non-hydrogen) atoms. The van der Waals surface area contributed by atoms with Gasteiger partial charge in [0, 0.05) is 27.1 Å². The fourth-order valence-electron chi connectivity index (χ4n) is 3.14. The molecule has 0 aliphatic carbocycles. The smallest absolute Gasteiger partial charge is 0.255 e. The second-order valence-corrected chi connectivity index (χ2v) is 9.10. The zero-order chi connectivity index (χ0) is 20.1. The number of thioether (sulfide) groups is 1. The Kier molecular flexibility index (Phi) is 10.2. The van der Waals surface area contributed by atoms with Crippen molar-refractivity contribution in [3.63, 3.8) is 0 Å². The third-order valence-electron chi connectivity index (χ3n) is 4.14. The summed E-state index contributed by atoms with van der Waals surface area (Å²) in [5.74, 6) is 1.59. The average Bonchev–Trinajstić information content (AvgIpc) is 2.63. The minimum absolute atomic E-state index is 0.175. The highest BCUT2D eigenvalue weighted by Crippen LogP contribution is 2.46. The molecular formula is C22H41NOS. The highest BCUT2D eigenvalue weighted by atomic mass is 32.2. The Balaban J connectivity index is 0.00000277. The maximum atomic E-state index is 13.4. The fraction of sp³-hybridized carbons (Fsp3) is 0.773. The predicted octanol–water partition coefficient (Wildman–Crippen LogP) is 7.09. The van der Waals surface area contributed by atoms with Crippen LogP contribution in [0.15, 0.2) is 21.1 Å². The summed E-state index contributed by atoms with van der Waals surface area (Å²) < 4.78 is 0. The fourth-order valence-corrected chi connectivity index (χ4v) is 4.72. The molecule has 146 valence electrons. The Morgan fingerprint density at radius 1 is 0.680 bits per heavy atom. The molecule has 0 spiro atoms. The van der Waals surface area contributed by atoms with Crippen molar-refractivity contribution < 1.29 is 4.79 Å². The van der Waals surface area contributed by atoms with Gasteiger partial charge in [-0.25, -0.2) is 0 Å². The Morgan fingerprint density at radius 2 is 1.12 bits per heavy atom. The minimum atomic E-state index is 0.175. The molecule has 0 aromatic heterocycles. The Bertz CT molecular complexity index is 510. The van der Waals surface area contributed by atoms with Gasteiger partial charge in [-0.15, -0.1) is 0 Å². The molecule has 0 unspecified atom stereocenters. The number of hydrogen-bond donors (Lipinski definition) is 0. The van der Waals surface area contributed by atoms with Crippen molar-refractivity contribution in [2.45, 2.75) is 89.1 Å². The highest BCUT2D eigenvalue weighted by Gasteiger charge is 2.36. The zero-order valence-electron chi connectivity index (χ0n) is 18.7. The zero-order valence-corrected chi connectivity index (χ0v) is 19.5. The van der Waals surface area contributed by atoms with Crippen LogP contribution >= 0.6 is 11.8 Å². The van der Waals surface area contributed by atoms with Crippen LogP contribution in [0.4, 0.5) is 0 Å². The Morgan fingerprint density at radius 3 is 1.40 bits per heavy atom. The summed E-state index contributed by atoms with van der Waals surface area (Å²) in [6.45, 7) is 25.8. The lowest BCUT2D eigenvalue weighted by Crippen LogP contribution is -2.40. The molecule has 0 fully saturated rings. The van der Waals surface area contributed by atoms with Gasteiger partial charge in [0.15, 0.2) is 0 Å². The quantitative estimate of drug-likeness (QED) is 0.517. The number of rotatable bonds is 5. The largest absolute Gasteiger partial charge is 0.309 e. The monoisotopic (exact) mass is 367 g/mol. The molecule has 0 radical (unpaired) electrons. The van der Waals surface area contributed by atoms with E-state index in [9.17, 15) is 4.79 Å². The van der Waals surface area contributed by atoms with Crippen LogP contribution in [0.5, 0.6) is 0 Å². The van der Waals surface area contributed by atoms with Gasteiger partial charge < -0.3 is 4.90 Å². The topological polar surface area (TPSA) is 20.3 Å². The maximum absolute atomic E-state index is 13.4. The van der Waals surface area contributed by atoms with E-state index in [1.54, 1.807) is 0 Å². The summed E-state index contributed by atoms with van der Waals surface area (Å²) >= 11 is 1.86. The van der Waals surface area contributed by atoms with E-state index in [2.05, 4.69) is 74.1 Å². The number of hydrogen-bond acceptors (Lipinski definition) is 2. The first kappa shape index (κ1) is 24.3. The number of nitrogens with zero attached hydrogens (tertiary/aromatic N) is 1. The molecule has 2 nitrogen and oxygen atoms in total. The molecule has 0 saturated heterocycles. The van der Waals surface area contributed by atoms with Crippen molar-refractivity contribution in [3.05, 3.63) is 21.1 Å². The normalized spacial score (nSPS) is 16.5. The number of amides is 1. The molecule has 0 bridgehead atoms. The van der Waals surface area contributed by atoms with Gasteiger partial charge in [-0.3, -0.25) is 4.79 Å². The van der Waals surface area contributed by atoms with Crippen LogP contribution < -0.4 is 0 Å². The molecule has 0 N–H and O–H groups in total. The molecule has 1 aliphatic rings. The third-order valence-corrected chi connectivity index (χ3v) is 5.95. The van der Waals surface area contributed by atoms with Gasteiger partial charge in [0.05, 0.1) is 0 Å². The minimum Gasteiger partial charge on any atom is -0.309 e. The number of carbonyl (C=O) groups is 1. The van der Waals surface area contributed by atoms with Crippen LogP contribution in [-0.2, 0) is 4.79 Å². The van der Waals surface area contributed by atoms with Crippen LogP contribution in [0.1, 0.15) is 83.1 Å². The lowest BCUT2D eigenvalue weighted by atomic mass is 9.95. The van der Waals surface area contributed by atoms with Crippen LogP contribution in [-0.4, -0.2) is 16.8 Å². The first-order valence-electron chi connectivity index (χ1n) is 10.00. The molecule has 1 aliphatic heterocycles. The summed E-state index contributed by atoms with van der Waals surface area (Å²) in [6, 6.07) is 0.175. The molecular weight excluding hydrogens is 326 g/mol. The molecule has 0 aromatic rings. The molecule has 0 saturated carbocycles. The van der Waals surface area contributed by atoms with Crippen molar-refractivity contribution in [1.82, 2.24) is 4.90 Å². The van der Waals surface area contributed by atoms with E-state index in [-0.39, 0.29) is 17.9 Å². The lowest BCUT2D eigenvalue weighted by molar-refractivity contribution is -0.127. The molecule has 1 rings (SSSR count). The lowest BCUT2D eigenvalue weighted by Gasteiger charge is -2.34. The van der Waals surface area contributed by atoms with Crippen molar-refractivity contribution in [1.29, 1.82) is 0 Å². The van der Waals surface area contributed by atoms with E-state index in [1.165, 1.54) is 15.5 Å². The first-order chi connectivity index (χ1) is 11.5. The summed E-state index contributed by atoms with van der Waals surface area (Å²) in [5, 5.41) is 0. The Hall–Kier alpha value is -0.700. The number of allylic oxidation sites excluding steroid dienone is 3. The average molecular weight is 368 g/mol. The van der Waals surface area contributed by atoms with Crippen LogP contribution in [0.25, 0.3) is 0 Å². The van der Waals surface area contributed by atoms with Crippen LogP contribution in [0, 0.1) is 23.7 Å². The van der Waals surface area contributed by atoms with Gasteiger partial charge in [-0.05, 0) is 37.5 Å².